The molecule has 2 atom stereocenters. The van der Waals surface area contributed by atoms with Gasteiger partial charge in [-0.3, -0.25) is 0 Å². The van der Waals surface area contributed by atoms with E-state index in [2.05, 4.69) is 5.32 Å². The van der Waals surface area contributed by atoms with Gasteiger partial charge in [-0.1, -0.05) is 0 Å². The second-order valence-electron chi connectivity index (χ2n) is 6.53. The first-order valence-electron chi connectivity index (χ1n) is 8.14. The topological polar surface area (TPSA) is 80.3 Å². The molecule has 3 aliphatic rings. The van der Waals surface area contributed by atoms with E-state index in [9.17, 15) is 18.0 Å². The molecule has 2 aromatic rings. The molecule has 3 aliphatic heterocycles. The molecule has 0 aliphatic carbocycles. The van der Waals surface area contributed by atoms with Gasteiger partial charge >= 0.3 is 163 Å². The number of hydrogen-bond acceptors (Lipinski definition) is 5. The third-order valence-corrected chi connectivity index (χ3v) is 22.8. The molecule has 1 N–H and O–H groups in total. The maximum absolute atomic E-state index is 13.3. The summed E-state index contributed by atoms with van der Waals surface area (Å²) in [5.41, 5.74) is 2.01. The number of nitrogens with one attached hydrogen (secondary N) is 1. The van der Waals surface area contributed by atoms with Crippen molar-refractivity contribution in [1.82, 2.24) is 5.32 Å². The fraction of sp³-hybridized carbons (Fsp3) is 0.111. The number of sulfone groups is 1. The van der Waals surface area contributed by atoms with E-state index in [-0.39, 0.29) is 14.8 Å². The first kappa shape index (κ1) is 16.6. The van der Waals surface area contributed by atoms with E-state index in [0.29, 0.717) is 7.56 Å². The summed E-state index contributed by atoms with van der Waals surface area (Å²) in [5, 5.41) is 1.49. The zero-order chi connectivity index (χ0) is 18.1. The molecule has 5 nitrogen and oxygen atoms in total. The standard InChI is InChI=1S/C18H12NO4S2.In/c20-17-16(24-18(21)19-17)12-14-7-5-4-6-13(14)10-11-25(22,23)15-8-2-1-3-9-15;/h1-5,7-10,12,16H,(H,19,20,21);. The van der Waals surface area contributed by atoms with Crippen molar-refractivity contribution in [3.05, 3.63) is 62.3 Å². The molecule has 0 saturated carbocycles. The number of carbonyl (C=O) groups excluding carboxylic acids is 2. The Balaban J connectivity index is 1.64. The monoisotopic (exact) mass is 485 g/mol. The summed E-state index contributed by atoms with van der Waals surface area (Å²) in [6, 6.07) is 14.4. The number of carbonyl (C=O) groups is 2. The molecule has 0 spiro atoms. The van der Waals surface area contributed by atoms with Gasteiger partial charge in [0.1, 0.15) is 0 Å². The number of rotatable bonds is 3. The molecule has 1 saturated heterocycles. The molecule has 26 heavy (non-hydrogen) atoms. The molecule has 1 fully saturated rings. The van der Waals surface area contributed by atoms with Crippen LogP contribution in [0.3, 0.4) is 0 Å². The molecule has 8 heteroatoms. The summed E-state index contributed by atoms with van der Waals surface area (Å²) in [5.74, 6) is -0.293. The van der Waals surface area contributed by atoms with Crippen molar-refractivity contribution in [2.75, 3.05) is 0 Å². The SMILES string of the molecule is O=C1NC(=O)C([CH]2c3ccc[c]4c3C=[C](S(=O)(=O)c3ccccc3)[In]42)S1. The quantitative estimate of drug-likeness (QED) is 0.717. The number of benzene rings is 2. The van der Waals surface area contributed by atoms with Crippen LogP contribution in [0.1, 0.15) is 14.8 Å². The second kappa shape index (κ2) is 5.74. The van der Waals surface area contributed by atoms with Crippen LogP contribution in [0.25, 0.3) is 6.08 Å². The van der Waals surface area contributed by atoms with Crippen molar-refractivity contribution in [2.45, 2.75) is 13.8 Å². The minimum atomic E-state index is -3.58. The number of amides is 2. The Labute approximate surface area is 162 Å². The van der Waals surface area contributed by atoms with Crippen LogP contribution in [0.5, 0.6) is 0 Å². The Morgan fingerprint density at radius 1 is 1.00 bits per heavy atom. The summed E-state index contributed by atoms with van der Waals surface area (Å²) in [6.07, 6.45) is 1.82. The van der Waals surface area contributed by atoms with Gasteiger partial charge in [0.15, 0.2) is 0 Å². The van der Waals surface area contributed by atoms with E-state index >= 15 is 0 Å². The van der Waals surface area contributed by atoms with Crippen LogP contribution in [0, 0.1) is 0 Å². The van der Waals surface area contributed by atoms with Gasteiger partial charge in [-0.05, 0) is 0 Å². The molecular weight excluding hydrogens is 473 g/mol. The normalized spacial score (nSPS) is 23.4. The van der Waals surface area contributed by atoms with Crippen molar-refractivity contribution in [1.29, 1.82) is 0 Å². The van der Waals surface area contributed by atoms with Gasteiger partial charge in [0.2, 0.25) is 0 Å². The number of thioether (sulfide) groups is 1. The second-order valence-corrected chi connectivity index (χ2v) is 19.1. The predicted octanol–water partition coefficient (Wildman–Crippen LogP) is 1.74. The minimum absolute atomic E-state index is 0.133. The molecule has 0 aromatic heterocycles. The van der Waals surface area contributed by atoms with Crippen LogP contribution in [0.15, 0.2) is 56.1 Å². The zero-order valence-electron chi connectivity index (χ0n) is 13.4. The molecule has 3 heterocycles. The molecule has 5 rings (SSSR count). The Kier molecular flexibility index (Phi) is 3.68. The van der Waals surface area contributed by atoms with Gasteiger partial charge in [0.05, 0.1) is 0 Å². The molecular formula is C18H12InNO4S2. The van der Waals surface area contributed by atoms with Gasteiger partial charge in [-0.25, -0.2) is 0 Å². The van der Waals surface area contributed by atoms with Crippen LogP contribution in [0.4, 0.5) is 4.79 Å². The average Bonchev–Trinajstić information content (AvgIpc) is 3.22. The molecule has 2 unspecified atom stereocenters. The molecule has 0 radical (unpaired) electrons. The van der Waals surface area contributed by atoms with Gasteiger partial charge in [-0.2, -0.15) is 0 Å². The molecule has 2 amide bonds. The summed E-state index contributed by atoms with van der Waals surface area (Å²) in [7, 11) is -3.58. The van der Waals surface area contributed by atoms with Gasteiger partial charge < -0.3 is 0 Å². The zero-order valence-corrected chi connectivity index (χ0v) is 18.3. The van der Waals surface area contributed by atoms with Crippen molar-refractivity contribution in [2.24, 2.45) is 0 Å². The van der Waals surface area contributed by atoms with Crippen molar-refractivity contribution in [3.63, 3.8) is 0 Å². The fourth-order valence-electron chi connectivity index (χ4n) is 4.19. The Hall–Kier alpha value is -1.51. The summed E-state index contributed by atoms with van der Waals surface area (Å²) < 4.78 is 28.0. The average molecular weight is 485 g/mol. The van der Waals surface area contributed by atoms with E-state index in [1.807, 2.05) is 24.3 Å². The molecule has 4 bridgehead atoms. The van der Waals surface area contributed by atoms with E-state index in [0.717, 1.165) is 26.2 Å². The van der Waals surface area contributed by atoms with Crippen LogP contribution in [0.2, 0.25) is 0 Å². The van der Waals surface area contributed by atoms with Crippen LogP contribution in [-0.2, 0) is 14.6 Å². The first-order valence-corrected chi connectivity index (χ1v) is 15.7. The van der Waals surface area contributed by atoms with Gasteiger partial charge in [-0.15, -0.1) is 0 Å². The first-order chi connectivity index (χ1) is 12.5. The van der Waals surface area contributed by atoms with Crippen molar-refractivity contribution >= 4 is 63.6 Å². The van der Waals surface area contributed by atoms with Crippen molar-refractivity contribution < 1.29 is 18.0 Å². The Morgan fingerprint density at radius 3 is 2.42 bits per heavy atom. The number of hydrogen-bond donors (Lipinski definition) is 1. The van der Waals surface area contributed by atoms with E-state index < -0.39 is 36.5 Å². The van der Waals surface area contributed by atoms with E-state index in [4.69, 9.17) is 0 Å². The van der Waals surface area contributed by atoms with Crippen LogP contribution >= 0.6 is 11.8 Å². The summed E-state index contributed by atoms with van der Waals surface area (Å²) in [4.78, 5) is 24.3. The third-order valence-electron chi connectivity index (χ3n) is 5.23. The number of imide groups is 1. The summed E-state index contributed by atoms with van der Waals surface area (Å²) >= 11 is -2.07. The Bertz CT molecular complexity index is 1110. The Morgan fingerprint density at radius 2 is 1.77 bits per heavy atom. The van der Waals surface area contributed by atoms with E-state index in [1.165, 1.54) is 0 Å². The van der Waals surface area contributed by atoms with Gasteiger partial charge in [0, 0.05) is 0 Å². The fourth-order valence-corrected chi connectivity index (χ4v) is 23.9. The van der Waals surface area contributed by atoms with Crippen LogP contribution in [-0.4, -0.2) is 46.3 Å². The predicted molar refractivity (Wildman–Crippen MR) is 101 cm³/mol. The summed E-state index contributed by atoms with van der Waals surface area (Å²) in [6.45, 7) is 0. The van der Waals surface area contributed by atoms with Gasteiger partial charge in [0.25, 0.3) is 0 Å². The van der Waals surface area contributed by atoms with E-state index in [1.54, 1.807) is 30.3 Å². The molecule has 128 valence electrons. The molecule has 2 aromatic carbocycles. The third kappa shape index (κ3) is 2.21. The van der Waals surface area contributed by atoms with Crippen LogP contribution < -0.4 is 8.64 Å². The van der Waals surface area contributed by atoms with Crippen molar-refractivity contribution in [3.8, 4) is 0 Å². The maximum atomic E-state index is 13.3.